The number of H-pyrrole nitrogens is 1. The Morgan fingerprint density at radius 1 is 1.38 bits per heavy atom. The summed E-state index contributed by atoms with van der Waals surface area (Å²) in [4.78, 5) is 17.6. The number of amides is 1. The molecule has 0 unspecified atom stereocenters. The van der Waals surface area contributed by atoms with E-state index in [9.17, 15) is 9.18 Å². The van der Waals surface area contributed by atoms with Gasteiger partial charge in [-0.3, -0.25) is 4.79 Å². The van der Waals surface area contributed by atoms with E-state index in [2.05, 4.69) is 20.4 Å². The first-order valence-corrected chi connectivity index (χ1v) is 7.74. The lowest BCUT2D eigenvalue weighted by Crippen LogP contribution is -2.29. The molecule has 0 aliphatic heterocycles. The number of nitrogens with one attached hydrogen (secondary N) is 1. The van der Waals surface area contributed by atoms with Gasteiger partial charge in [-0.1, -0.05) is 0 Å². The number of likely N-dealkylation sites (N-methyl/N-ethyl adjacent to an activating group) is 1. The lowest BCUT2D eigenvalue weighted by Gasteiger charge is -2.16. The number of nitrogens with zero attached hydrogens (tertiary/aromatic N) is 4. The van der Waals surface area contributed by atoms with Crippen LogP contribution in [0, 0.1) is 5.82 Å². The first kappa shape index (κ1) is 17.5. The topological polar surface area (TPSA) is 130 Å². The Kier molecular flexibility index (Phi) is 4.94. The molecule has 26 heavy (non-hydrogen) atoms. The molecule has 0 atom stereocenters. The number of hydrogen-bond acceptors (Lipinski definition) is 7. The Labute approximate surface area is 147 Å². The maximum absolute atomic E-state index is 14.1. The fourth-order valence-electron chi connectivity index (χ4n) is 2.38. The summed E-state index contributed by atoms with van der Waals surface area (Å²) in [6.45, 7) is -0.110. The number of pyridine rings is 1. The summed E-state index contributed by atoms with van der Waals surface area (Å²) in [6, 6.07) is 5.46. The highest BCUT2D eigenvalue weighted by atomic mass is 19.1. The number of carbonyl (C=O) groups is 1. The van der Waals surface area contributed by atoms with Crippen molar-refractivity contribution in [2.75, 3.05) is 25.9 Å². The van der Waals surface area contributed by atoms with Gasteiger partial charge in [0.05, 0.1) is 6.61 Å². The molecule has 0 fully saturated rings. The molecule has 0 saturated carbocycles. The summed E-state index contributed by atoms with van der Waals surface area (Å²) in [5.74, 6) is -0.344. The van der Waals surface area contributed by atoms with Crippen molar-refractivity contribution in [1.82, 2.24) is 25.3 Å². The van der Waals surface area contributed by atoms with Gasteiger partial charge in [0.1, 0.15) is 18.2 Å². The summed E-state index contributed by atoms with van der Waals surface area (Å²) >= 11 is 0. The number of aromatic nitrogens is 4. The minimum Gasteiger partial charge on any atom is -0.486 e. The molecule has 0 radical (unpaired) electrons. The minimum absolute atomic E-state index is 0.137. The highest BCUT2D eigenvalue weighted by Gasteiger charge is 2.15. The van der Waals surface area contributed by atoms with Crippen molar-refractivity contribution < 1.29 is 19.0 Å². The molecule has 0 bridgehead atoms. The average molecular weight is 360 g/mol. The van der Waals surface area contributed by atoms with Crippen LogP contribution in [-0.4, -0.2) is 56.5 Å². The number of hydrogen-bond donors (Lipinski definition) is 3. The van der Waals surface area contributed by atoms with Crippen molar-refractivity contribution >= 4 is 22.9 Å². The van der Waals surface area contributed by atoms with Crippen LogP contribution in [-0.2, 0) is 6.61 Å². The zero-order chi connectivity index (χ0) is 18.7. The molecule has 0 saturated heterocycles. The van der Waals surface area contributed by atoms with E-state index >= 15 is 0 Å². The van der Waals surface area contributed by atoms with Crippen LogP contribution in [0.2, 0.25) is 0 Å². The molecule has 1 aromatic carbocycles. The number of nitrogens with two attached hydrogens (primary N) is 1. The molecule has 10 heteroatoms. The lowest BCUT2D eigenvalue weighted by atomic mass is 10.1. The van der Waals surface area contributed by atoms with Crippen LogP contribution in [0.15, 0.2) is 24.3 Å². The van der Waals surface area contributed by atoms with Crippen molar-refractivity contribution in [3.63, 3.8) is 0 Å². The molecule has 2 aromatic heterocycles. The fourth-order valence-corrected chi connectivity index (χ4v) is 2.38. The van der Waals surface area contributed by atoms with Gasteiger partial charge in [-0.25, -0.2) is 9.37 Å². The van der Waals surface area contributed by atoms with Crippen LogP contribution >= 0.6 is 0 Å². The zero-order valence-corrected chi connectivity index (χ0v) is 13.9. The van der Waals surface area contributed by atoms with E-state index in [0.717, 1.165) is 0 Å². The van der Waals surface area contributed by atoms with E-state index in [1.54, 1.807) is 7.05 Å². The van der Waals surface area contributed by atoms with Gasteiger partial charge >= 0.3 is 0 Å². The third-order valence-corrected chi connectivity index (χ3v) is 3.73. The van der Waals surface area contributed by atoms with E-state index < -0.39 is 5.82 Å². The van der Waals surface area contributed by atoms with Crippen molar-refractivity contribution in [2.24, 2.45) is 0 Å². The van der Waals surface area contributed by atoms with Gasteiger partial charge in [0.25, 0.3) is 5.91 Å². The van der Waals surface area contributed by atoms with E-state index in [4.69, 9.17) is 15.6 Å². The summed E-state index contributed by atoms with van der Waals surface area (Å²) in [5, 5.41) is 19.1. The maximum atomic E-state index is 14.1. The molecule has 3 rings (SSSR count). The SMILES string of the molecule is CN(CCO)C(=O)c1ccc(F)c(COc2cc(N)nc3n[nH]nc23)c1. The highest BCUT2D eigenvalue weighted by Crippen LogP contribution is 2.24. The third-order valence-electron chi connectivity index (χ3n) is 3.73. The molecule has 3 aromatic rings. The van der Waals surface area contributed by atoms with Crippen LogP contribution in [0.25, 0.3) is 11.2 Å². The van der Waals surface area contributed by atoms with Crippen LogP contribution in [0.1, 0.15) is 15.9 Å². The van der Waals surface area contributed by atoms with Gasteiger partial charge in [-0.2, -0.15) is 10.3 Å². The zero-order valence-electron chi connectivity index (χ0n) is 13.9. The number of nitrogen functional groups attached to an aromatic ring is 1. The second-order valence-electron chi connectivity index (χ2n) is 5.59. The Morgan fingerprint density at radius 3 is 2.96 bits per heavy atom. The molecule has 1 amide bonds. The highest BCUT2D eigenvalue weighted by molar-refractivity contribution is 5.94. The molecule has 9 nitrogen and oxygen atoms in total. The largest absolute Gasteiger partial charge is 0.486 e. The van der Waals surface area contributed by atoms with Crippen LogP contribution < -0.4 is 10.5 Å². The number of rotatable bonds is 6. The predicted octanol–water partition coefficient (Wildman–Crippen LogP) is 0.717. The number of halogens is 1. The van der Waals surface area contributed by atoms with Crippen LogP contribution in [0.5, 0.6) is 5.75 Å². The predicted molar refractivity (Wildman–Crippen MR) is 90.9 cm³/mol. The molecule has 0 aliphatic carbocycles. The average Bonchev–Trinajstić information content (AvgIpc) is 3.08. The second kappa shape index (κ2) is 7.31. The molecular weight excluding hydrogens is 343 g/mol. The van der Waals surface area contributed by atoms with E-state index in [1.165, 1.54) is 29.2 Å². The summed E-state index contributed by atoms with van der Waals surface area (Å²) in [6.07, 6.45) is 0. The molecule has 2 heterocycles. The molecule has 0 spiro atoms. The standard InChI is InChI=1S/C16H17FN6O3/c1-23(4-5-24)16(25)9-2-3-11(17)10(6-9)8-26-12-7-13(18)19-15-14(12)20-22-21-15/h2-3,6-7,24H,4-5,8H2,1H3,(H3,18,19,20,21,22). The number of ether oxygens (including phenoxy) is 1. The van der Waals surface area contributed by atoms with Gasteiger partial charge in [0.15, 0.2) is 11.3 Å². The first-order valence-electron chi connectivity index (χ1n) is 7.74. The van der Waals surface area contributed by atoms with Crippen molar-refractivity contribution in [2.45, 2.75) is 6.61 Å². The molecule has 0 aliphatic rings. The number of fused-ring (bicyclic) bond motifs is 1. The van der Waals surface area contributed by atoms with Crippen LogP contribution in [0.3, 0.4) is 0 Å². The minimum atomic E-state index is -0.509. The second-order valence-corrected chi connectivity index (χ2v) is 5.59. The van der Waals surface area contributed by atoms with Crippen molar-refractivity contribution in [3.05, 3.63) is 41.2 Å². The fraction of sp³-hybridized carbons (Fsp3) is 0.250. The van der Waals surface area contributed by atoms with Crippen LogP contribution in [0.4, 0.5) is 10.2 Å². The van der Waals surface area contributed by atoms with Gasteiger partial charge in [0.2, 0.25) is 5.65 Å². The van der Waals surface area contributed by atoms with Gasteiger partial charge < -0.3 is 20.5 Å². The first-order chi connectivity index (χ1) is 12.5. The smallest absolute Gasteiger partial charge is 0.253 e. The number of benzene rings is 1. The number of anilines is 1. The maximum Gasteiger partial charge on any atom is 0.253 e. The summed E-state index contributed by atoms with van der Waals surface area (Å²) in [5.41, 5.74) is 6.84. The monoisotopic (exact) mass is 360 g/mol. The Bertz CT molecular complexity index is 945. The number of carbonyl (C=O) groups excluding carboxylic acids is 1. The normalized spacial score (nSPS) is 10.9. The molecule has 136 valence electrons. The lowest BCUT2D eigenvalue weighted by molar-refractivity contribution is 0.0766. The Hall–Kier alpha value is -3.27. The molecule has 4 N–H and O–H groups in total. The van der Waals surface area contributed by atoms with Crippen molar-refractivity contribution in [1.29, 1.82) is 0 Å². The van der Waals surface area contributed by atoms with Gasteiger partial charge in [0, 0.05) is 30.8 Å². The van der Waals surface area contributed by atoms with E-state index in [-0.39, 0.29) is 42.7 Å². The number of aliphatic hydroxyl groups is 1. The van der Waals surface area contributed by atoms with Gasteiger partial charge in [-0.05, 0) is 18.2 Å². The Morgan fingerprint density at radius 2 is 2.19 bits per heavy atom. The Balaban J connectivity index is 1.82. The van der Waals surface area contributed by atoms with Crippen molar-refractivity contribution in [3.8, 4) is 5.75 Å². The summed E-state index contributed by atoms with van der Waals surface area (Å²) < 4.78 is 19.7. The number of aliphatic hydroxyl groups excluding tert-OH is 1. The molecular formula is C16H17FN6O3. The number of aromatic amines is 1. The van der Waals surface area contributed by atoms with E-state index in [0.29, 0.717) is 16.8 Å². The van der Waals surface area contributed by atoms with E-state index in [1.807, 2.05) is 0 Å². The quantitative estimate of drug-likeness (QED) is 0.590. The summed E-state index contributed by atoms with van der Waals surface area (Å²) in [7, 11) is 1.55. The van der Waals surface area contributed by atoms with Gasteiger partial charge in [-0.15, -0.1) is 5.10 Å². The third kappa shape index (κ3) is 3.54.